The first-order chi connectivity index (χ1) is 11.6. The summed E-state index contributed by atoms with van der Waals surface area (Å²) in [5.41, 5.74) is 0.855. The fourth-order valence-corrected chi connectivity index (χ4v) is 2.60. The number of esters is 1. The number of aromatic nitrogens is 1. The molecule has 3 amide bonds. The van der Waals surface area contributed by atoms with Gasteiger partial charge in [0.15, 0.2) is 6.61 Å². The number of fused-ring (bicyclic) bond motifs is 1. The number of nitrogens with one attached hydrogen (secondary N) is 2. The highest BCUT2D eigenvalue weighted by Crippen LogP contribution is 2.22. The average Bonchev–Trinajstić information content (AvgIpc) is 2.99. The van der Waals surface area contributed by atoms with Crippen LogP contribution >= 0.6 is 11.3 Å². The molecule has 0 saturated carbocycles. The number of nitrogens with zero attached hydrogens (tertiary/aromatic N) is 1. The lowest BCUT2D eigenvalue weighted by Gasteiger charge is -2.05. The summed E-state index contributed by atoms with van der Waals surface area (Å²) in [6.45, 7) is 1.83. The molecule has 1 heterocycles. The van der Waals surface area contributed by atoms with E-state index in [0.29, 0.717) is 11.6 Å². The van der Waals surface area contributed by atoms with E-state index in [-0.39, 0.29) is 0 Å². The molecule has 2 N–H and O–H groups in total. The lowest BCUT2D eigenvalue weighted by molar-refractivity contribution is -0.143. The summed E-state index contributed by atoms with van der Waals surface area (Å²) < 4.78 is 5.78. The topological polar surface area (TPSA) is 97.4 Å². The smallest absolute Gasteiger partial charge is 0.331 e. The number of para-hydroxylation sites is 1. The van der Waals surface area contributed by atoms with E-state index in [9.17, 15) is 14.4 Å². The van der Waals surface area contributed by atoms with E-state index in [1.807, 2.05) is 31.2 Å². The van der Waals surface area contributed by atoms with Crippen LogP contribution in [0.4, 0.5) is 4.79 Å². The molecule has 2 aromatic rings. The van der Waals surface area contributed by atoms with E-state index in [2.05, 4.69) is 15.6 Å². The summed E-state index contributed by atoms with van der Waals surface area (Å²) in [6.07, 6.45) is 3.48. The molecule has 0 unspecified atom stereocenters. The van der Waals surface area contributed by atoms with Crippen LogP contribution in [0.5, 0.6) is 0 Å². The van der Waals surface area contributed by atoms with Crippen LogP contribution in [0, 0.1) is 0 Å². The third kappa shape index (κ3) is 5.47. The van der Waals surface area contributed by atoms with Gasteiger partial charge in [-0.25, -0.2) is 14.6 Å². The standard InChI is InChI=1S/C16H17N3O4S/c1-2-9-17-16(22)19-13(20)10-23-15(21)8-7-14-18-11-5-3-4-6-12(11)24-14/h3-8H,2,9-10H2,1H3,(H2,17,19,20,22)/b8-7+. The molecule has 0 bridgehead atoms. The van der Waals surface area contributed by atoms with Crippen LogP contribution in [0.3, 0.4) is 0 Å². The Balaban J connectivity index is 1.78. The average molecular weight is 347 g/mol. The fourth-order valence-electron chi connectivity index (χ4n) is 1.73. The van der Waals surface area contributed by atoms with Crippen molar-refractivity contribution in [1.82, 2.24) is 15.6 Å². The summed E-state index contributed by atoms with van der Waals surface area (Å²) >= 11 is 1.44. The van der Waals surface area contributed by atoms with Crippen LogP contribution in [0.2, 0.25) is 0 Å². The predicted molar refractivity (Wildman–Crippen MR) is 91.4 cm³/mol. The second-order valence-electron chi connectivity index (χ2n) is 4.76. The van der Waals surface area contributed by atoms with E-state index in [1.54, 1.807) is 0 Å². The number of rotatable bonds is 6. The van der Waals surface area contributed by atoms with Gasteiger partial charge < -0.3 is 10.1 Å². The number of urea groups is 1. The highest BCUT2D eigenvalue weighted by atomic mass is 32.1. The quantitative estimate of drug-likeness (QED) is 0.616. The van der Waals surface area contributed by atoms with Crippen molar-refractivity contribution < 1.29 is 19.1 Å². The van der Waals surface area contributed by atoms with Crippen molar-refractivity contribution in [2.24, 2.45) is 0 Å². The molecule has 0 atom stereocenters. The van der Waals surface area contributed by atoms with Gasteiger partial charge in [0, 0.05) is 12.6 Å². The normalized spacial score (nSPS) is 10.7. The number of imide groups is 1. The summed E-state index contributed by atoms with van der Waals surface area (Å²) in [7, 11) is 0. The second kappa shape index (κ2) is 8.78. The molecule has 2 rings (SSSR count). The summed E-state index contributed by atoms with van der Waals surface area (Å²) in [5.74, 6) is -1.37. The molecule has 0 saturated heterocycles. The number of carbonyl (C=O) groups excluding carboxylic acids is 3. The van der Waals surface area contributed by atoms with Crippen LogP contribution in [0.15, 0.2) is 30.3 Å². The Kier molecular flexibility index (Phi) is 6.44. The van der Waals surface area contributed by atoms with Gasteiger partial charge in [0.25, 0.3) is 5.91 Å². The van der Waals surface area contributed by atoms with Crippen LogP contribution in [0.1, 0.15) is 18.4 Å². The van der Waals surface area contributed by atoms with E-state index >= 15 is 0 Å². The molecule has 126 valence electrons. The van der Waals surface area contributed by atoms with Crippen molar-refractivity contribution in [2.45, 2.75) is 13.3 Å². The molecular weight excluding hydrogens is 330 g/mol. The molecule has 7 nitrogen and oxygen atoms in total. The van der Waals surface area contributed by atoms with Crippen LogP contribution in [-0.4, -0.2) is 36.0 Å². The maximum absolute atomic E-state index is 11.6. The number of ether oxygens (including phenoxy) is 1. The van der Waals surface area contributed by atoms with E-state index in [0.717, 1.165) is 16.6 Å². The third-order valence-corrected chi connectivity index (χ3v) is 3.81. The van der Waals surface area contributed by atoms with Crippen molar-refractivity contribution in [3.8, 4) is 0 Å². The van der Waals surface area contributed by atoms with E-state index < -0.39 is 24.5 Å². The van der Waals surface area contributed by atoms with Gasteiger partial charge in [0.1, 0.15) is 5.01 Å². The van der Waals surface area contributed by atoms with Crippen molar-refractivity contribution in [2.75, 3.05) is 13.2 Å². The first kappa shape index (κ1) is 17.6. The maximum Gasteiger partial charge on any atom is 0.331 e. The first-order valence-corrected chi connectivity index (χ1v) is 8.18. The van der Waals surface area contributed by atoms with Gasteiger partial charge in [0.2, 0.25) is 0 Å². The van der Waals surface area contributed by atoms with Crippen molar-refractivity contribution in [3.63, 3.8) is 0 Å². The number of hydrogen-bond donors (Lipinski definition) is 2. The number of carbonyl (C=O) groups is 3. The minimum Gasteiger partial charge on any atom is -0.452 e. The zero-order valence-corrected chi connectivity index (χ0v) is 13.9. The zero-order chi connectivity index (χ0) is 17.4. The van der Waals surface area contributed by atoms with E-state index in [4.69, 9.17) is 4.74 Å². The molecule has 0 aliphatic rings. The Morgan fingerprint density at radius 2 is 2.08 bits per heavy atom. The number of hydrogen-bond acceptors (Lipinski definition) is 6. The SMILES string of the molecule is CCCNC(=O)NC(=O)COC(=O)/C=C/c1nc2ccccc2s1. The van der Waals surface area contributed by atoms with Gasteiger partial charge in [-0.05, 0) is 24.6 Å². The molecule has 0 aliphatic heterocycles. The summed E-state index contributed by atoms with van der Waals surface area (Å²) in [4.78, 5) is 38.6. The Morgan fingerprint density at radius 1 is 1.29 bits per heavy atom. The monoisotopic (exact) mass is 347 g/mol. The lowest BCUT2D eigenvalue weighted by Crippen LogP contribution is -2.41. The molecular formula is C16H17N3O4S. The Labute approximate surface area is 142 Å². The van der Waals surface area contributed by atoms with Crippen molar-refractivity contribution in [1.29, 1.82) is 0 Å². The predicted octanol–water partition coefficient (Wildman–Crippen LogP) is 2.09. The van der Waals surface area contributed by atoms with Gasteiger partial charge in [-0.15, -0.1) is 11.3 Å². The minimum absolute atomic E-state index is 0.462. The molecule has 24 heavy (non-hydrogen) atoms. The van der Waals surface area contributed by atoms with Crippen LogP contribution in [-0.2, 0) is 14.3 Å². The van der Waals surface area contributed by atoms with Crippen LogP contribution in [0.25, 0.3) is 16.3 Å². The number of amides is 3. The number of thiazole rings is 1. The van der Waals surface area contributed by atoms with Gasteiger partial charge in [0.05, 0.1) is 10.2 Å². The Bertz CT molecular complexity index is 737. The molecule has 1 aromatic carbocycles. The molecule has 8 heteroatoms. The van der Waals surface area contributed by atoms with Crippen molar-refractivity contribution >= 4 is 45.5 Å². The third-order valence-electron chi connectivity index (χ3n) is 2.81. The zero-order valence-electron chi connectivity index (χ0n) is 13.1. The largest absolute Gasteiger partial charge is 0.452 e. The van der Waals surface area contributed by atoms with Gasteiger partial charge in [-0.1, -0.05) is 19.1 Å². The lowest BCUT2D eigenvalue weighted by atomic mass is 10.3. The molecule has 0 fully saturated rings. The second-order valence-corrected chi connectivity index (χ2v) is 5.83. The highest BCUT2D eigenvalue weighted by Gasteiger charge is 2.09. The Hall–Kier alpha value is -2.74. The minimum atomic E-state index is -0.689. The molecule has 1 aromatic heterocycles. The van der Waals surface area contributed by atoms with Gasteiger partial charge in [-0.2, -0.15) is 0 Å². The maximum atomic E-state index is 11.6. The van der Waals surface area contributed by atoms with Crippen molar-refractivity contribution in [3.05, 3.63) is 35.3 Å². The Morgan fingerprint density at radius 3 is 2.83 bits per heavy atom. The summed E-state index contributed by atoms with van der Waals surface area (Å²) in [5, 5.41) is 5.20. The molecule has 0 radical (unpaired) electrons. The van der Waals surface area contributed by atoms with Crippen LogP contribution < -0.4 is 10.6 Å². The van der Waals surface area contributed by atoms with Gasteiger partial charge in [-0.3, -0.25) is 10.1 Å². The summed E-state index contributed by atoms with van der Waals surface area (Å²) in [6, 6.07) is 7.02. The van der Waals surface area contributed by atoms with E-state index in [1.165, 1.54) is 23.5 Å². The first-order valence-electron chi connectivity index (χ1n) is 7.36. The number of benzene rings is 1. The van der Waals surface area contributed by atoms with Gasteiger partial charge >= 0.3 is 12.0 Å². The highest BCUT2D eigenvalue weighted by molar-refractivity contribution is 7.19. The molecule has 0 spiro atoms. The fraction of sp³-hybridized carbons (Fsp3) is 0.250. The molecule has 0 aliphatic carbocycles.